The average Bonchev–Trinajstić information content (AvgIpc) is 2.83. The van der Waals surface area contributed by atoms with E-state index in [-0.39, 0.29) is 5.69 Å². The molecule has 6 nitrogen and oxygen atoms in total. The van der Waals surface area contributed by atoms with Crippen LogP contribution in [-0.4, -0.2) is 33.2 Å². The van der Waals surface area contributed by atoms with E-state index in [0.717, 1.165) is 11.3 Å². The third-order valence-electron chi connectivity index (χ3n) is 2.87. The molecular formula is C14H15N3O3. The van der Waals surface area contributed by atoms with Crippen LogP contribution in [0.5, 0.6) is 5.75 Å². The highest BCUT2D eigenvalue weighted by Gasteiger charge is 2.18. The van der Waals surface area contributed by atoms with Crippen molar-refractivity contribution in [2.75, 3.05) is 7.11 Å². The topological polar surface area (TPSA) is 77.2 Å². The summed E-state index contributed by atoms with van der Waals surface area (Å²) in [6, 6.07) is 7.43. The first kappa shape index (κ1) is 13.8. The zero-order chi connectivity index (χ0) is 14.5. The van der Waals surface area contributed by atoms with Gasteiger partial charge in [0.05, 0.1) is 19.3 Å². The fourth-order valence-electron chi connectivity index (χ4n) is 1.88. The zero-order valence-electron chi connectivity index (χ0n) is 11.1. The Morgan fingerprint density at radius 2 is 2.15 bits per heavy atom. The molecule has 1 heterocycles. The van der Waals surface area contributed by atoms with E-state index in [1.807, 2.05) is 24.3 Å². The minimum atomic E-state index is -1.08. The number of benzene rings is 1. The molecule has 0 aliphatic rings. The maximum Gasteiger partial charge on any atom is 0.358 e. The van der Waals surface area contributed by atoms with Gasteiger partial charge in [-0.05, 0) is 17.7 Å². The van der Waals surface area contributed by atoms with E-state index in [1.165, 1.54) is 0 Å². The second-order valence-corrected chi connectivity index (χ2v) is 4.19. The molecule has 0 radical (unpaired) electrons. The Kier molecular flexibility index (Phi) is 4.14. The Balaban J connectivity index is 2.32. The van der Waals surface area contributed by atoms with Crippen LogP contribution in [0.25, 0.3) is 0 Å². The number of hydrogen-bond donors (Lipinski definition) is 1. The lowest BCUT2D eigenvalue weighted by Crippen LogP contribution is -2.08. The van der Waals surface area contributed by atoms with E-state index in [0.29, 0.717) is 18.7 Å². The monoisotopic (exact) mass is 273 g/mol. The van der Waals surface area contributed by atoms with E-state index in [9.17, 15) is 4.79 Å². The van der Waals surface area contributed by atoms with Crippen LogP contribution in [0.15, 0.2) is 36.9 Å². The summed E-state index contributed by atoms with van der Waals surface area (Å²) in [5.74, 6) is -0.325. The standard InChI is InChI=1S/C14H15N3O3/c1-3-8-17-12(13(14(18)19)15-16-17)9-10-4-6-11(20-2)7-5-10/h3-7H,1,8-9H2,2H3,(H,18,19). The highest BCUT2D eigenvalue weighted by molar-refractivity contribution is 5.86. The lowest BCUT2D eigenvalue weighted by Gasteiger charge is -2.06. The van der Waals surface area contributed by atoms with E-state index in [4.69, 9.17) is 9.84 Å². The Morgan fingerprint density at radius 3 is 2.70 bits per heavy atom. The van der Waals surface area contributed by atoms with Crippen molar-refractivity contribution < 1.29 is 14.6 Å². The molecule has 0 spiro atoms. The van der Waals surface area contributed by atoms with Gasteiger partial charge in [-0.15, -0.1) is 11.7 Å². The molecule has 1 aromatic heterocycles. The lowest BCUT2D eigenvalue weighted by molar-refractivity contribution is 0.0689. The molecule has 0 saturated carbocycles. The minimum absolute atomic E-state index is 0.0253. The van der Waals surface area contributed by atoms with Crippen LogP contribution in [0.2, 0.25) is 0 Å². The Morgan fingerprint density at radius 1 is 1.45 bits per heavy atom. The number of methoxy groups -OCH3 is 1. The van der Waals surface area contributed by atoms with Crippen molar-refractivity contribution in [1.29, 1.82) is 0 Å². The fourth-order valence-corrected chi connectivity index (χ4v) is 1.88. The zero-order valence-corrected chi connectivity index (χ0v) is 11.1. The second-order valence-electron chi connectivity index (χ2n) is 4.19. The van der Waals surface area contributed by atoms with Crippen LogP contribution in [0, 0.1) is 0 Å². The molecule has 2 rings (SSSR count). The minimum Gasteiger partial charge on any atom is -0.497 e. The van der Waals surface area contributed by atoms with Crippen LogP contribution in [0.4, 0.5) is 0 Å². The summed E-state index contributed by atoms with van der Waals surface area (Å²) < 4.78 is 6.63. The van der Waals surface area contributed by atoms with Gasteiger partial charge in [-0.3, -0.25) is 0 Å². The van der Waals surface area contributed by atoms with Crippen molar-refractivity contribution in [1.82, 2.24) is 15.0 Å². The van der Waals surface area contributed by atoms with E-state index in [2.05, 4.69) is 16.9 Å². The second kappa shape index (κ2) is 6.01. The number of carboxylic acid groups (broad SMARTS) is 1. The van der Waals surface area contributed by atoms with Crippen molar-refractivity contribution >= 4 is 5.97 Å². The average molecular weight is 273 g/mol. The number of aromatic carboxylic acids is 1. The van der Waals surface area contributed by atoms with Crippen LogP contribution >= 0.6 is 0 Å². The number of ether oxygens (including phenoxy) is 1. The predicted molar refractivity (Wildman–Crippen MR) is 73.0 cm³/mol. The summed E-state index contributed by atoms with van der Waals surface area (Å²) in [5, 5.41) is 16.7. The van der Waals surface area contributed by atoms with E-state index >= 15 is 0 Å². The van der Waals surface area contributed by atoms with Crippen molar-refractivity contribution in [2.24, 2.45) is 0 Å². The van der Waals surface area contributed by atoms with Crippen molar-refractivity contribution in [3.05, 3.63) is 53.9 Å². The van der Waals surface area contributed by atoms with Crippen LogP contribution < -0.4 is 4.74 Å². The number of rotatable bonds is 6. The van der Waals surface area contributed by atoms with Crippen molar-refractivity contribution in [2.45, 2.75) is 13.0 Å². The van der Waals surface area contributed by atoms with E-state index in [1.54, 1.807) is 17.9 Å². The van der Waals surface area contributed by atoms with Crippen molar-refractivity contribution in [3.63, 3.8) is 0 Å². The lowest BCUT2D eigenvalue weighted by atomic mass is 10.1. The molecule has 20 heavy (non-hydrogen) atoms. The SMILES string of the molecule is C=CCn1nnc(C(=O)O)c1Cc1ccc(OC)cc1. The van der Waals surface area contributed by atoms with Gasteiger partial charge in [-0.25, -0.2) is 9.48 Å². The van der Waals surface area contributed by atoms with Crippen molar-refractivity contribution in [3.8, 4) is 5.75 Å². The highest BCUT2D eigenvalue weighted by atomic mass is 16.5. The Hall–Kier alpha value is -2.63. The molecule has 0 bridgehead atoms. The molecule has 6 heteroatoms. The molecule has 0 unspecified atom stereocenters. The smallest absolute Gasteiger partial charge is 0.358 e. The third-order valence-corrected chi connectivity index (χ3v) is 2.87. The van der Waals surface area contributed by atoms with Gasteiger partial charge < -0.3 is 9.84 Å². The van der Waals surface area contributed by atoms with Gasteiger partial charge in [0.15, 0.2) is 5.69 Å². The molecule has 1 N–H and O–H groups in total. The number of hydrogen-bond acceptors (Lipinski definition) is 4. The van der Waals surface area contributed by atoms with Gasteiger partial charge in [0, 0.05) is 6.42 Å². The quantitative estimate of drug-likeness (QED) is 0.811. The van der Waals surface area contributed by atoms with Gasteiger partial charge in [0.1, 0.15) is 5.75 Å². The third kappa shape index (κ3) is 2.85. The molecule has 0 aliphatic carbocycles. The van der Waals surface area contributed by atoms with Gasteiger partial charge >= 0.3 is 5.97 Å². The Bertz CT molecular complexity index is 617. The molecule has 104 valence electrons. The largest absolute Gasteiger partial charge is 0.497 e. The summed E-state index contributed by atoms with van der Waals surface area (Å²) in [4.78, 5) is 11.2. The fraction of sp³-hybridized carbons (Fsp3) is 0.214. The summed E-state index contributed by atoms with van der Waals surface area (Å²) >= 11 is 0. The molecule has 0 aliphatic heterocycles. The maximum atomic E-state index is 11.2. The molecule has 2 aromatic rings. The first-order chi connectivity index (χ1) is 9.65. The summed E-state index contributed by atoms with van der Waals surface area (Å²) in [5.41, 5.74) is 1.49. The van der Waals surface area contributed by atoms with Gasteiger partial charge in [-0.1, -0.05) is 23.4 Å². The van der Waals surface area contributed by atoms with E-state index < -0.39 is 5.97 Å². The molecule has 0 amide bonds. The molecule has 1 aromatic carbocycles. The summed E-state index contributed by atoms with van der Waals surface area (Å²) in [6.45, 7) is 4.05. The molecule has 0 saturated heterocycles. The first-order valence-corrected chi connectivity index (χ1v) is 6.05. The number of nitrogens with zero attached hydrogens (tertiary/aromatic N) is 3. The number of aromatic nitrogens is 3. The van der Waals surface area contributed by atoms with Gasteiger partial charge in [-0.2, -0.15) is 0 Å². The summed E-state index contributed by atoms with van der Waals surface area (Å²) in [6.07, 6.45) is 2.09. The molecule has 0 atom stereocenters. The number of carbonyl (C=O) groups is 1. The van der Waals surface area contributed by atoms with Crippen LogP contribution in [0.1, 0.15) is 21.7 Å². The van der Waals surface area contributed by atoms with Gasteiger partial charge in [0.2, 0.25) is 0 Å². The normalized spacial score (nSPS) is 10.2. The number of carboxylic acids is 1. The van der Waals surface area contributed by atoms with Crippen LogP contribution in [0.3, 0.4) is 0 Å². The summed E-state index contributed by atoms with van der Waals surface area (Å²) in [7, 11) is 1.60. The van der Waals surface area contributed by atoms with Gasteiger partial charge in [0.25, 0.3) is 0 Å². The predicted octanol–water partition coefficient (Wildman–Crippen LogP) is 1.76. The van der Waals surface area contributed by atoms with Crippen LogP contribution in [-0.2, 0) is 13.0 Å². The first-order valence-electron chi connectivity index (χ1n) is 6.05. The Labute approximate surface area is 116 Å². The highest BCUT2D eigenvalue weighted by Crippen LogP contribution is 2.16. The molecular weight excluding hydrogens is 258 g/mol. The number of allylic oxidation sites excluding steroid dienone is 1. The molecule has 0 fully saturated rings. The maximum absolute atomic E-state index is 11.2.